The van der Waals surface area contributed by atoms with E-state index in [2.05, 4.69) is 15.8 Å². The standard InChI is InChI=1S/C15H23N3O2.ClH/c1-9-12(10(2)20-18-9)8-16-15(19)14-7-11-5-3-4-6-13(11)17-14;/h11,13-14,17H,3-8H2,1-2H3,(H,16,19);1H. The average molecular weight is 314 g/mol. The van der Waals surface area contributed by atoms with Gasteiger partial charge in [-0.05, 0) is 39.0 Å². The Labute approximate surface area is 131 Å². The van der Waals surface area contributed by atoms with E-state index in [1.165, 1.54) is 25.7 Å². The van der Waals surface area contributed by atoms with Crippen molar-refractivity contribution < 1.29 is 9.32 Å². The van der Waals surface area contributed by atoms with E-state index in [1.54, 1.807) is 0 Å². The molecule has 1 amide bonds. The van der Waals surface area contributed by atoms with Crippen LogP contribution in [0.1, 0.15) is 49.1 Å². The summed E-state index contributed by atoms with van der Waals surface area (Å²) < 4.78 is 5.11. The third-order valence-electron chi connectivity index (χ3n) is 4.80. The largest absolute Gasteiger partial charge is 0.361 e. The first-order chi connectivity index (χ1) is 9.65. The number of amides is 1. The molecule has 2 heterocycles. The van der Waals surface area contributed by atoms with Crippen molar-refractivity contribution in [2.45, 2.75) is 64.6 Å². The zero-order chi connectivity index (χ0) is 14.1. The van der Waals surface area contributed by atoms with E-state index in [4.69, 9.17) is 4.52 Å². The molecule has 1 aromatic heterocycles. The predicted octanol–water partition coefficient (Wildman–Crippen LogP) is 2.25. The Morgan fingerprint density at radius 1 is 1.38 bits per heavy atom. The van der Waals surface area contributed by atoms with Gasteiger partial charge in [-0.1, -0.05) is 18.0 Å². The Balaban J connectivity index is 0.00000161. The third-order valence-corrected chi connectivity index (χ3v) is 4.80. The normalized spacial score (nSPS) is 27.8. The van der Waals surface area contributed by atoms with E-state index in [1.807, 2.05) is 13.8 Å². The highest BCUT2D eigenvalue weighted by Crippen LogP contribution is 2.33. The molecule has 0 bridgehead atoms. The van der Waals surface area contributed by atoms with E-state index in [0.29, 0.717) is 18.5 Å². The molecule has 0 radical (unpaired) electrons. The molecule has 5 nitrogen and oxygen atoms in total. The fourth-order valence-electron chi connectivity index (χ4n) is 3.57. The second kappa shape index (κ2) is 6.79. The van der Waals surface area contributed by atoms with Crippen molar-refractivity contribution in [3.05, 3.63) is 17.0 Å². The molecule has 3 rings (SSSR count). The number of carbonyl (C=O) groups is 1. The summed E-state index contributed by atoms with van der Waals surface area (Å²) in [7, 11) is 0. The molecule has 21 heavy (non-hydrogen) atoms. The molecule has 1 saturated carbocycles. The van der Waals surface area contributed by atoms with Gasteiger partial charge >= 0.3 is 0 Å². The van der Waals surface area contributed by atoms with Crippen molar-refractivity contribution in [3.63, 3.8) is 0 Å². The zero-order valence-electron chi connectivity index (χ0n) is 12.6. The maximum Gasteiger partial charge on any atom is 0.237 e. The number of aryl methyl sites for hydroxylation is 2. The summed E-state index contributed by atoms with van der Waals surface area (Å²) in [4.78, 5) is 12.3. The lowest BCUT2D eigenvalue weighted by Gasteiger charge is -2.24. The van der Waals surface area contributed by atoms with Gasteiger partial charge in [0.1, 0.15) is 5.76 Å². The second-order valence-corrected chi connectivity index (χ2v) is 6.13. The summed E-state index contributed by atoms with van der Waals surface area (Å²) in [5, 5.41) is 10.4. The van der Waals surface area contributed by atoms with Crippen LogP contribution in [0.4, 0.5) is 0 Å². The fourth-order valence-corrected chi connectivity index (χ4v) is 3.57. The Bertz CT molecular complexity index is 470. The lowest BCUT2D eigenvalue weighted by Crippen LogP contribution is -2.43. The zero-order valence-corrected chi connectivity index (χ0v) is 13.5. The molecule has 0 aromatic carbocycles. The van der Waals surface area contributed by atoms with Gasteiger partial charge in [0.2, 0.25) is 5.91 Å². The number of halogens is 1. The van der Waals surface area contributed by atoms with Gasteiger partial charge in [-0.25, -0.2) is 0 Å². The molecule has 3 atom stereocenters. The highest BCUT2D eigenvalue weighted by molar-refractivity contribution is 5.85. The summed E-state index contributed by atoms with van der Waals surface area (Å²) in [5.41, 5.74) is 1.85. The van der Waals surface area contributed by atoms with Crippen molar-refractivity contribution in [2.75, 3.05) is 0 Å². The SMILES string of the molecule is Cc1noc(C)c1CNC(=O)C1CC2CCCCC2N1.Cl. The molecule has 6 heteroatoms. The Hall–Kier alpha value is -1.07. The lowest BCUT2D eigenvalue weighted by atomic mass is 9.85. The van der Waals surface area contributed by atoms with Gasteiger partial charge in [0.15, 0.2) is 0 Å². The van der Waals surface area contributed by atoms with Crippen LogP contribution in [-0.2, 0) is 11.3 Å². The quantitative estimate of drug-likeness (QED) is 0.898. The van der Waals surface area contributed by atoms with Crippen LogP contribution < -0.4 is 10.6 Å². The van der Waals surface area contributed by atoms with E-state index < -0.39 is 0 Å². The molecule has 2 N–H and O–H groups in total. The summed E-state index contributed by atoms with van der Waals surface area (Å²) in [6.07, 6.45) is 6.08. The number of hydrogen-bond donors (Lipinski definition) is 2. The highest BCUT2D eigenvalue weighted by atomic mass is 35.5. The second-order valence-electron chi connectivity index (χ2n) is 6.13. The summed E-state index contributed by atoms with van der Waals surface area (Å²) in [6, 6.07) is 0.530. The maximum absolute atomic E-state index is 12.3. The molecule has 1 aliphatic heterocycles. The van der Waals surface area contributed by atoms with Gasteiger partial charge in [0, 0.05) is 18.2 Å². The minimum absolute atomic E-state index is 0. The van der Waals surface area contributed by atoms with Gasteiger partial charge in [-0.2, -0.15) is 0 Å². The molecule has 1 aliphatic carbocycles. The van der Waals surface area contributed by atoms with Gasteiger partial charge in [-0.3, -0.25) is 4.79 Å². The molecular weight excluding hydrogens is 290 g/mol. The smallest absolute Gasteiger partial charge is 0.237 e. The first kappa shape index (κ1) is 16.3. The average Bonchev–Trinajstić information content (AvgIpc) is 3.01. The molecule has 2 aliphatic rings. The Morgan fingerprint density at radius 2 is 2.14 bits per heavy atom. The van der Waals surface area contributed by atoms with Crippen LogP contribution in [-0.4, -0.2) is 23.1 Å². The van der Waals surface area contributed by atoms with Crippen LogP contribution >= 0.6 is 12.4 Å². The summed E-state index contributed by atoms with van der Waals surface area (Å²) in [5.74, 6) is 1.59. The molecule has 2 fully saturated rings. The Kier molecular flexibility index (Phi) is 5.27. The number of hydrogen-bond acceptors (Lipinski definition) is 4. The number of aromatic nitrogens is 1. The van der Waals surface area contributed by atoms with Crippen molar-refractivity contribution in [3.8, 4) is 0 Å². The van der Waals surface area contributed by atoms with Gasteiger partial charge < -0.3 is 15.2 Å². The first-order valence-electron chi connectivity index (χ1n) is 7.60. The van der Waals surface area contributed by atoms with Crippen LogP contribution in [0.25, 0.3) is 0 Å². The van der Waals surface area contributed by atoms with Crippen LogP contribution in [0.2, 0.25) is 0 Å². The van der Waals surface area contributed by atoms with Crippen LogP contribution in [0.5, 0.6) is 0 Å². The molecule has 1 saturated heterocycles. The van der Waals surface area contributed by atoms with Gasteiger partial charge in [0.05, 0.1) is 11.7 Å². The van der Waals surface area contributed by atoms with Crippen molar-refractivity contribution in [2.24, 2.45) is 5.92 Å². The third kappa shape index (κ3) is 3.40. The summed E-state index contributed by atoms with van der Waals surface area (Å²) >= 11 is 0. The van der Waals surface area contributed by atoms with E-state index in [0.717, 1.165) is 23.4 Å². The minimum Gasteiger partial charge on any atom is -0.361 e. The number of rotatable bonds is 3. The van der Waals surface area contributed by atoms with Gasteiger partial charge in [-0.15, -0.1) is 12.4 Å². The molecular formula is C15H24ClN3O2. The minimum atomic E-state index is -0.0245. The summed E-state index contributed by atoms with van der Waals surface area (Å²) in [6.45, 7) is 4.29. The monoisotopic (exact) mass is 313 g/mol. The van der Waals surface area contributed by atoms with Crippen LogP contribution in [0.3, 0.4) is 0 Å². The van der Waals surface area contributed by atoms with Crippen LogP contribution in [0, 0.1) is 19.8 Å². The predicted molar refractivity (Wildman–Crippen MR) is 82.4 cm³/mol. The Morgan fingerprint density at radius 3 is 2.81 bits per heavy atom. The topological polar surface area (TPSA) is 67.2 Å². The van der Waals surface area contributed by atoms with Crippen molar-refractivity contribution in [1.82, 2.24) is 15.8 Å². The fraction of sp³-hybridized carbons (Fsp3) is 0.733. The molecule has 3 unspecified atom stereocenters. The van der Waals surface area contributed by atoms with Crippen molar-refractivity contribution >= 4 is 18.3 Å². The molecule has 0 spiro atoms. The number of fused-ring (bicyclic) bond motifs is 1. The molecule has 1 aromatic rings. The van der Waals surface area contributed by atoms with Crippen LogP contribution in [0.15, 0.2) is 4.52 Å². The highest BCUT2D eigenvalue weighted by Gasteiger charge is 2.38. The number of nitrogens with one attached hydrogen (secondary N) is 2. The number of nitrogens with zero attached hydrogens (tertiary/aromatic N) is 1. The van der Waals surface area contributed by atoms with Crippen molar-refractivity contribution in [1.29, 1.82) is 0 Å². The van der Waals surface area contributed by atoms with E-state index in [9.17, 15) is 4.79 Å². The first-order valence-corrected chi connectivity index (χ1v) is 7.60. The van der Waals surface area contributed by atoms with E-state index in [-0.39, 0.29) is 24.4 Å². The lowest BCUT2D eigenvalue weighted by molar-refractivity contribution is -0.123. The maximum atomic E-state index is 12.3. The van der Waals surface area contributed by atoms with Gasteiger partial charge in [0.25, 0.3) is 0 Å². The number of carbonyl (C=O) groups excluding carboxylic acids is 1. The van der Waals surface area contributed by atoms with E-state index >= 15 is 0 Å². The molecule has 118 valence electrons.